The highest BCUT2D eigenvalue weighted by atomic mass is 127. The van der Waals surface area contributed by atoms with Crippen LogP contribution in [0.5, 0.6) is 0 Å². The summed E-state index contributed by atoms with van der Waals surface area (Å²) in [7, 11) is 0. The van der Waals surface area contributed by atoms with Gasteiger partial charge in [-0.3, -0.25) is 24.0 Å². The average molecular weight is 830 g/mol. The maximum atomic E-state index is 13.1. The summed E-state index contributed by atoms with van der Waals surface area (Å²) in [4.78, 5) is 58.4. The molecular weight excluding hydrogens is 805 g/mol. The third-order valence-corrected chi connectivity index (χ3v) is 7.74. The number of ether oxygens (including phenoxy) is 4. The SMILES string of the molecule is CC(=O)OCC(CNC(=O)c1c(I)c(N)c(I)c(CC(COC(C)=O)OC(C)=O)c1I)OC(C)=O. The van der Waals surface area contributed by atoms with Gasteiger partial charge in [-0.25, -0.2) is 0 Å². The molecule has 2 atom stereocenters. The molecule has 1 rings (SSSR count). The summed E-state index contributed by atoms with van der Waals surface area (Å²) in [6, 6.07) is 0. The van der Waals surface area contributed by atoms with Crippen LogP contribution in [0.3, 0.4) is 0 Å². The number of nitrogens with one attached hydrogen (secondary N) is 1. The monoisotopic (exact) mass is 830 g/mol. The van der Waals surface area contributed by atoms with Crippen molar-refractivity contribution in [3.63, 3.8) is 0 Å². The number of carbonyl (C=O) groups is 5. The Balaban J connectivity index is 3.23. The minimum atomic E-state index is -0.881. The van der Waals surface area contributed by atoms with E-state index in [-0.39, 0.29) is 31.7 Å². The summed E-state index contributed by atoms with van der Waals surface area (Å²) in [5.41, 5.74) is 7.56. The van der Waals surface area contributed by atoms with Crippen molar-refractivity contribution >= 4 is 103 Å². The van der Waals surface area contributed by atoms with Crippen molar-refractivity contribution in [3.8, 4) is 0 Å². The lowest BCUT2D eigenvalue weighted by Crippen LogP contribution is -2.38. The first-order valence-corrected chi connectivity index (χ1v) is 13.3. The molecule has 1 amide bonds. The van der Waals surface area contributed by atoms with Crippen LogP contribution in [0.2, 0.25) is 0 Å². The van der Waals surface area contributed by atoms with Gasteiger partial charge in [0.1, 0.15) is 19.3 Å². The fourth-order valence-electron chi connectivity index (χ4n) is 2.80. The molecule has 194 valence electrons. The highest BCUT2D eigenvalue weighted by Gasteiger charge is 2.27. The van der Waals surface area contributed by atoms with Crippen LogP contribution < -0.4 is 11.1 Å². The molecule has 0 aromatic heterocycles. The molecule has 1 aromatic carbocycles. The molecule has 1 aromatic rings. The molecule has 0 saturated heterocycles. The van der Waals surface area contributed by atoms with Gasteiger partial charge in [0.2, 0.25) is 0 Å². The van der Waals surface area contributed by atoms with Gasteiger partial charge in [-0.1, -0.05) is 0 Å². The van der Waals surface area contributed by atoms with Crippen molar-refractivity contribution in [2.45, 2.75) is 46.3 Å². The Kier molecular flexibility index (Phi) is 13.5. The molecule has 14 heteroatoms. The van der Waals surface area contributed by atoms with Crippen LogP contribution in [-0.2, 0) is 44.5 Å². The molecule has 0 fully saturated rings. The lowest BCUT2D eigenvalue weighted by Gasteiger charge is -2.22. The topological polar surface area (TPSA) is 160 Å². The minimum Gasteiger partial charge on any atom is -0.462 e. The van der Waals surface area contributed by atoms with Gasteiger partial charge in [0, 0.05) is 41.3 Å². The Morgan fingerprint density at radius 3 is 1.74 bits per heavy atom. The zero-order valence-corrected chi connectivity index (χ0v) is 25.8. The summed E-state index contributed by atoms with van der Waals surface area (Å²) in [5, 5.41) is 2.68. The average Bonchev–Trinajstić information content (AvgIpc) is 2.74. The van der Waals surface area contributed by atoms with E-state index in [0.29, 0.717) is 22.0 Å². The number of nitrogens with two attached hydrogens (primary N) is 1. The lowest BCUT2D eigenvalue weighted by molar-refractivity contribution is -0.156. The molecule has 0 spiro atoms. The number of hydrogen-bond donors (Lipinski definition) is 2. The van der Waals surface area contributed by atoms with Crippen molar-refractivity contribution in [1.29, 1.82) is 0 Å². The fourth-order valence-corrected chi connectivity index (χ4v) is 6.89. The van der Waals surface area contributed by atoms with E-state index in [0.717, 1.165) is 0 Å². The van der Waals surface area contributed by atoms with Crippen LogP contribution in [-0.4, -0.2) is 61.8 Å². The lowest BCUT2D eigenvalue weighted by atomic mass is 10.0. The van der Waals surface area contributed by atoms with Crippen molar-refractivity contribution in [2.75, 3.05) is 25.5 Å². The molecule has 0 radical (unpaired) electrons. The van der Waals surface area contributed by atoms with Gasteiger partial charge >= 0.3 is 23.9 Å². The third kappa shape index (κ3) is 10.6. The first-order chi connectivity index (χ1) is 16.2. The van der Waals surface area contributed by atoms with E-state index in [1.807, 2.05) is 67.8 Å². The molecule has 0 aliphatic heterocycles. The van der Waals surface area contributed by atoms with Crippen molar-refractivity contribution in [3.05, 3.63) is 21.8 Å². The molecule has 0 aliphatic carbocycles. The summed E-state index contributed by atoms with van der Waals surface area (Å²) < 4.78 is 22.0. The van der Waals surface area contributed by atoms with Gasteiger partial charge < -0.3 is 30.0 Å². The van der Waals surface area contributed by atoms with E-state index >= 15 is 0 Å². The summed E-state index contributed by atoms with van der Waals surface area (Å²) in [5.74, 6) is -2.71. The molecule has 35 heavy (non-hydrogen) atoms. The molecule has 0 bridgehead atoms. The standard InChI is InChI=1S/C21H25I3N2O9/c1-9(27)32-7-13(34-11(3)29)5-15-17(22)16(19(24)20(25)18(15)23)21(31)26-6-14(35-12(4)30)8-33-10(2)28/h13-14H,5-8,25H2,1-4H3,(H,26,31). The van der Waals surface area contributed by atoms with Gasteiger partial charge in [0.05, 0.1) is 21.4 Å². The first kappa shape index (κ1) is 31.6. The zero-order chi connectivity index (χ0) is 26.9. The molecule has 0 saturated carbocycles. The molecule has 3 N–H and O–H groups in total. The molecule has 11 nitrogen and oxygen atoms in total. The number of halogens is 3. The van der Waals surface area contributed by atoms with Crippen LogP contribution in [0.15, 0.2) is 0 Å². The van der Waals surface area contributed by atoms with E-state index < -0.39 is 42.0 Å². The van der Waals surface area contributed by atoms with Gasteiger partial charge in [-0.2, -0.15) is 0 Å². The fraction of sp³-hybridized carbons (Fsp3) is 0.476. The molecular formula is C21H25I3N2O9. The second kappa shape index (κ2) is 15.0. The largest absolute Gasteiger partial charge is 0.462 e. The highest BCUT2D eigenvalue weighted by molar-refractivity contribution is 14.1. The Hall–Kier alpha value is -1.44. The van der Waals surface area contributed by atoms with Gasteiger partial charge in [-0.15, -0.1) is 0 Å². The Morgan fingerprint density at radius 1 is 0.771 bits per heavy atom. The highest BCUT2D eigenvalue weighted by Crippen LogP contribution is 2.34. The van der Waals surface area contributed by atoms with Crippen LogP contribution >= 0.6 is 67.8 Å². The number of nitrogen functional groups attached to an aromatic ring is 1. The maximum absolute atomic E-state index is 13.1. The minimum absolute atomic E-state index is 0.110. The predicted octanol–water partition coefficient (Wildman–Crippen LogP) is 2.34. The summed E-state index contributed by atoms with van der Waals surface area (Å²) >= 11 is 6.02. The van der Waals surface area contributed by atoms with Gasteiger partial charge in [0.15, 0.2) is 6.10 Å². The first-order valence-electron chi connectivity index (χ1n) is 10.1. The maximum Gasteiger partial charge on any atom is 0.303 e. The summed E-state index contributed by atoms with van der Waals surface area (Å²) in [6.45, 7) is 4.42. The summed E-state index contributed by atoms with van der Waals surface area (Å²) in [6.07, 6.45) is -1.52. The van der Waals surface area contributed by atoms with E-state index in [2.05, 4.69) is 5.32 Å². The van der Waals surface area contributed by atoms with Crippen LogP contribution in [0.25, 0.3) is 0 Å². The second-order valence-electron chi connectivity index (χ2n) is 7.19. The van der Waals surface area contributed by atoms with E-state index in [1.54, 1.807) is 0 Å². The number of benzene rings is 1. The number of rotatable bonds is 11. The van der Waals surface area contributed by atoms with E-state index in [4.69, 9.17) is 24.7 Å². The van der Waals surface area contributed by atoms with Gasteiger partial charge in [0.25, 0.3) is 5.91 Å². The van der Waals surface area contributed by atoms with Crippen LogP contribution in [0.1, 0.15) is 43.6 Å². The van der Waals surface area contributed by atoms with E-state index in [1.165, 1.54) is 27.7 Å². The Bertz CT molecular complexity index is 1000. The zero-order valence-electron chi connectivity index (χ0n) is 19.4. The Morgan fingerprint density at radius 2 is 1.26 bits per heavy atom. The molecule has 0 aliphatic rings. The second-order valence-corrected chi connectivity index (χ2v) is 10.4. The predicted molar refractivity (Wildman–Crippen MR) is 149 cm³/mol. The molecule has 0 heterocycles. The van der Waals surface area contributed by atoms with Crippen LogP contribution in [0.4, 0.5) is 5.69 Å². The van der Waals surface area contributed by atoms with Gasteiger partial charge in [-0.05, 0) is 73.3 Å². The van der Waals surface area contributed by atoms with Crippen LogP contribution in [0, 0.1) is 10.7 Å². The number of hydrogen-bond acceptors (Lipinski definition) is 10. The van der Waals surface area contributed by atoms with E-state index in [9.17, 15) is 24.0 Å². The number of amides is 1. The normalized spacial score (nSPS) is 12.2. The van der Waals surface area contributed by atoms with Crippen molar-refractivity contribution in [1.82, 2.24) is 5.32 Å². The quantitative estimate of drug-likeness (QED) is 0.147. The van der Waals surface area contributed by atoms with Crippen molar-refractivity contribution in [2.24, 2.45) is 0 Å². The van der Waals surface area contributed by atoms with Crippen molar-refractivity contribution < 1.29 is 42.9 Å². The molecule has 2 unspecified atom stereocenters. The Labute approximate surface area is 243 Å². The number of carbonyl (C=O) groups excluding carboxylic acids is 5. The number of anilines is 1. The third-order valence-electron chi connectivity index (χ3n) is 4.20. The smallest absolute Gasteiger partial charge is 0.303 e. The number of esters is 4.